The quantitative estimate of drug-likeness (QED) is 0.725. The van der Waals surface area contributed by atoms with Gasteiger partial charge in [-0.2, -0.15) is 0 Å². The van der Waals surface area contributed by atoms with Crippen LogP contribution < -0.4 is 0 Å². The van der Waals surface area contributed by atoms with Crippen molar-refractivity contribution in [3.05, 3.63) is 77.8 Å². The number of aromatic nitrogens is 1. The maximum Gasteiger partial charge on any atom is 0.0776 e. The lowest BCUT2D eigenvalue weighted by Crippen LogP contribution is -1.86. The fourth-order valence-electron chi connectivity index (χ4n) is 1.94. The summed E-state index contributed by atoms with van der Waals surface area (Å²) in [6.45, 7) is 0. The predicted octanol–water partition coefficient (Wildman–Crippen LogP) is 4.01. The van der Waals surface area contributed by atoms with Crippen molar-refractivity contribution in [2.45, 2.75) is 4.90 Å². The molecule has 0 saturated heterocycles. The van der Waals surface area contributed by atoms with Crippen LogP contribution in [0.25, 0.3) is 17.0 Å². The molecule has 0 aliphatic rings. The van der Waals surface area contributed by atoms with Crippen molar-refractivity contribution in [2.24, 2.45) is 0 Å². The second-order valence-electron chi connectivity index (χ2n) is 4.34. The molecule has 1 aromatic heterocycles. The Morgan fingerprint density at radius 1 is 0.850 bits per heavy atom. The van der Waals surface area contributed by atoms with Crippen LogP contribution in [0.1, 0.15) is 5.69 Å². The Labute approximate surface area is 120 Å². The average Bonchev–Trinajstić information content (AvgIpc) is 2.53. The fraction of sp³-hybridized carbons (Fsp3) is 0. The molecule has 2 nitrogen and oxygen atoms in total. The maximum absolute atomic E-state index is 12.1. The average molecular weight is 279 g/mol. The van der Waals surface area contributed by atoms with Gasteiger partial charge in [-0.05, 0) is 30.3 Å². The molecular weight excluding hydrogens is 266 g/mol. The van der Waals surface area contributed by atoms with E-state index in [0.29, 0.717) is 0 Å². The van der Waals surface area contributed by atoms with Gasteiger partial charge in [-0.1, -0.05) is 42.5 Å². The van der Waals surface area contributed by atoms with Gasteiger partial charge in [0.05, 0.1) is 22.0 Å². The minimum absolute atomic E-state index is 0.796. The lowest BCUT2D eigenvalue weighted by atomic mass is 10.2. The molecule has 1 unspecified atom stereocenters. The Morgan fingerprint density at radius 2 is 1.60 bits per heavy atom. The largest absolute Gasteiger partial charge is 0.250 e. The van der Waals surface area contributed by atoms with Gasteiger partial charge in [0.15, 0.2) is 0 Å². The van der Waals surface area contributed by atoms with E-state index < -0.39 is 10.8 Å². The van der Waals surface area contributed by atoms with E-state index in [2.05, 4.69) is 4.98 Å². The molecule has 98 valence electrons. The van der Waals surface area contributed by atoms with E-state index in [1.807, 2.05) is 66.7 Å². The number of para-hydroxylation sites is 1. The third-order valence-electron chi connectivity index (χ3n) is 2.96. The van der Waals surface area contributed by atoms with E-state index in [9.17, 15) is 4.21 Å². The smallest absolute Gasteiger partial charge is 0.0776 e. The lowest BCUT2D eigenvalue weighted by molar-refractivity contribution is 0.688. The zero-order valence-corrected chi connectivity index (χ0v) is 11.6. The van der Waals surface area contributed by atoms with Crippen molar-refractivity contribution in [2.75, 3.05) is 0 Å². The zero-order valence-electron chi connectivity index (χ0n) is 10.8. The molecule has 20 heavy (non-hydrogen) atoms. The first-order valence-corrected chi connectivity index (χ1v) is 7.54. The number of pyridine rings is 1. The highest BCUT2D eigenvalue weighted by Gasteiger charge is 1.99. The Balaban J connectivity index is 1.85. The fourth-order valence-corrected chi connectivity index (χ4v) is 2.78. The molecule has 1 atom stereocenters. The molecule has 1 heterocycles. The van der Waals surface area contributed by atoms with E-state index >= 15 is 0 Å². The third kappa shape index (κ3) is 2.83. The van der Waals surface area contributed by atoms with E-state index in [4.69, 9.17) is 0 Å². The molecule has 0 saturated carbocycles. The molecule has 3 rings (SSSR count). The minimum Gasteiger partial charge on any atom is -0.250 e. The number of fused-ring (bicyclic) bond motifs is 1. The first-order chi connectivity index (χ1) is 9.83. The van der Waals surface area contributed by atoms with Crippen molar-refractivity contribution >= 4 is 27.8 Å². The van der Waals surface area contributed by atoms with Gasteiger partial charge in [0.25, 0.3) is 0 Å². The number of benzene rings is 2. The number of hydrogen-bond donors (Lipinski definition) is 0. The Morgan fingerprint density at radius 3 is 2.45 bits per heavy atom. The van der Waals surface area contributed by atoms with Crippen LogP contribution in [0.2, 0.25) is 0 Å². The highest BCUT2D eigenvalue weighted by Crippen LogP contribution is 2.13. The molecule has 3 aromatic rings. The van der Waals surface area contributed by atoms with E-state index in [-0.39, 0.29) is 0 Å². The van der Waals surface area contributed by atoms with Crippen LogP contribution in [0.4, 0.5) is 0 Å². The Kier molecular flexibility index (Phi) is 3.70. The Bertz CT molecular complexity index is 781. The zero-order chi connectivity index (χ0) is 13.8. The van der Waals surface area contributed by atoms with Crippen molar-refractivity contribution in [1.82, 2.24) is 4.98 Å². The van der Waals surface area contributed by atoms with Crippen molar-refractivity contribution < 1.29 is 4.21 Å². The van der Waals surface area contributed by atoms with Crippen molar-refractivity contribution in [3.63, 3.8) is 0 Å². The van der Waals surface area contributed by atoms with Gasteiger partial charge in [0.1, 0.15) is 0 Å². The highest BCUT2D eigenvalue weighted by molar-refractivity contribution is 7.88. The summed E-state index contributed by atoms with van der Waals surface area (Å²) in [6, 6.07) is 21.3. The molecule has 0 amide bonds. The molecule has 0 radical (unpaired) electrons. The van der Waals surface area contributed by atoms with E-state index in [0.717, 1.165) is 21.5 Å². The van der Waals surface area contributed by atoms with Crippen LogP contribution in [0.3, 0.4) is 0 Å². The third-order valence-corrected chi connectivity index (χ3v) is 4.08. The second kappa shape index (κ2) is 5.80. The summed E-state index contributed by atoms with van der Waals surface area (Å²) in [4.78, 5) is 5.32. The van der Waals surface area contributed by atoms with Crippen LogP contribution in [0.15, 0.2) is 77.0 Å². The Hall–Kier alpha value is -2.26. The van der Waals surface area contributed by atoms with Gasteiger partial charge in [0, 0.05) is 15.7 Å². The van der Waals surface area contributed by atoms with Crippen LogP contribution in [-0.2, 0) is 10.8 Å². The summed E-state index contributed by atoms with van der Waals surface area (Å²) < 4.78 is 12.1. The monoisotopic (exact) mass is 279 g/mol. The molecule has 0 N–H and O–H groups in total. The molecule has 0 spiro atoms. The summed E-state index contributed by atoms with van der Waals surface area (Å²) in [7, 11) is -1.14. The number of rotatable bonds is 3. The van der Waals surface area contributed by atoms with Gasteiger partial charge in [-0.15, -0.1) is 0 Å². The first-order valence-electron chi connectivity index (χ1n) is 6.32. The standard InChI is InChI=1S/C17H13NOS/c19-20(16-7-2-1-3-8-16)13-12-15-11-10-14-6-4-5-9-17(14)18-15/h1-13H/b13-12+. The maximum atomic E-state index is 12.1. The summed E-state index contributed by atoms with van der Waals surface area (Å²) in [5.74, 6) is 0. The summed E-state index contributed by atoms with van der Waals surface area (Å²) in [5.41, 5.74) is 1.76. The van der Waals surface area contributed by atoms with Crippen LogP contribution >= 0.6 is 0 Å². The summed E-state index contributed by atoms with van der Waals surface area (Å²) in [5, 5.41) is 2.78. The first kappa shape index (κ1) is 12.8. The van der Waals surface area contributed by atoms with Crippen LogP contribution in [0, 0.1) is 0 Å². The highest BCUT2D eigenvalue weighted by atomic mass is 32.2. The molecule has 0 fully saturated rings. The molecule has 3 heteroatoms. The van der Waals surface area contributed by atoms with Crippen molar-refractivity contribution in [3.8, 4) is 0 Å². The van der Waals surface area contributed by atoms with Crippen molar-refractivity contribution in [1.29, 1.82) is 0 Å². The second-order valence-corrected chi connectivity index (χ2v) is 5.68. The van der Waals surface area contributed by atoms with Crippen LogP contribution in [0.5, 0.6) is 0 Å². The molecule has 0 aliphatic carbocycles. The number of hydrogen-bond acceptors (Lipinski definition) is 2. The molecular formula is C17H13NOS. The van der Waals surface area contributed by atoms with Gasteiger partial charge in [-0.25, -0.2) is 9.19 Å². The summed E-state index contributed by atoms with van der Waals surface area (Å²) >= 11 is 0. The summed E-state index contributed by atoms with van der Waals surface area (Å²) in [6.07, 6.45) is 1.80. The normalized spacial score (nSPS) is 12.8. The van der Waals surface area contributed by atoms with Gasteiger partial charge in [-0.3, -0.25) is 0 Å². The SMILES string of the molecule is O=S(/C=C/c1ccc2ccccc2n1)c1ccccc1. The number of nitrogens with zero attached hydrogens (tertiary/aromatic N) is 1. The molecule has 0 bridgehead atoms. The minimum atomic E-state index is -1.14. The van der Waals surface area contributed by atoms with Gasteiger partial charge < -0.3 is 0 Å². The topological polar surface area (TPSA) is 30.0 Å². The predicted molar refractivity (Wildman–Crippen MR) is 83.6 cm³/mol. The van der Waals surface area contributed by atoms with Crippen LogP contribution in [-0.4, -0.2) is 9.19 Å². The lowest BCUT2D eigenvalue weighted by Gasteiger charge is -1.99. The van der Waals surface area contributed by atoms with Gasteiger partial charge >= 0.3 is 0 Å². The van der Waals surface area contributed by atoms with E-state index in [1.54, 1.807) is 11.5 Å². The van der Waals surface area contributed by atoms with Gasteiger partial charge in [0.2, 0.25) is 0 Å². The molecule has 2 aromatic carbocycles. The molecule has 0 aliphatic heterocycles. The van der Waals surface area contributed by atoms with E-state index in [1.165, 1.54) is 0 Å².